The second kappa shape index (κ2) is 4.90. The first-order valence-corrected chi connectivity index (χ1v) is 7.32. The molecule has 1 saturated heterocycles. The second-order valence-corrected chi connectivity index (χ2v) is 5.99. The first-order valence-electron chi connectivity index (χ1n) is 6.51. The van der Waals surface area contributed by atoms with E-state index in [1.807, 2.05) is 18.2 Å². The number of fused-ring (bicyclic) bond motifs is 1. The van der Waals surface area contributed by atoms with Crippen LogP contribution >= 0.6 is 11.3 Å². The van der Waals surface area contributed by atoms with E-state index in [1.165, 1.54) is 0 Å². The molecule has 2 heterocycles. The standard InChI is InChI=1S/C14H16N2O2S/c1-9(16-8-4-6-11(16)14(17)18)13-15-10-5-2-3-7-12(10)19-13/h2-3,5,7,9,11H,4,6,8H2,1H3,(H,17,18). The summed E-state index contributed by atoms with van der Waals surface area (Å²) in [5, 5.41) is 10.3. The molecule has 0 amide bonds. The maximum atomic E-state index is 11.3. The van der Waals surface area contributed by atoms with Crippen LogP contribution in [0.25, 0.3) is 10.2 Å². The molecule has 3 rings (SSSR count). The van der Waals surface area contributed by atoms with Crippen LogP contribution in [0, 0.1) is 0 Å². The van der Waals surface area contributed by atoms with Gasteiger partial charge in [-0.05, 0) is 38.4 Å². The van der Waals surface area contributed by atoms with Crippen LogP contribution in [-0.2, 0) is 4.79 Å². The number of aromatic nitrogens is 1. The summed E-state index contributed by atoms with van der Waals surface area (Å²) < 4.78 is 1.16. The van der Waals surface area contributed by atoms with Gasteiger partial charge in [0.1, 0.15) is 11.0 Å². The van der Waals surface area contributed by atoms with Crippen molar-refractivity contribution in [2.24, 2.45) is 0 Å². The molecule has 5 heteroatoms. The lowest BCUT2D eigenvalue weighted by Crippen LogP contribution is -2.37. The molecule has 0 saturated carbocycles. The molecule has 2 unspecified atom stereocenters. The highest BCUT2D eigenvalue weighted by atomic mass is 32.1. The Bertz CT molecular complexity index is 577. The van der Waals surface area contributed by atoms with Crippen LogP contribution in [0.2, 0.25) is 0 Å². The van der Waals surface area contributed by atoms with Gasteiger partial charge in [-0.1, -0.05) is 12.1 Å². The number of likely N-dealkylation sites (tertiary alicyclic amines) is 1. The third-order valence-corrected chi connectivity index (χ3v) is 4.95. The molecule has 1 aromatic carbocycles. The number of carboxylic acid groups (broad SMARTS) is 1. The number of rotatable bonds is 3. The lowest BCUT2D eigenvalue weighted by Gasteiger charge is -2.26. The summed E-state index contributed by atoms with van der Waals surface area (Å²) in [4.78, 5) is 18.0. The molecule has 1 N–H and O–H groups in total. The number of para-hydroxylation sites is 1. The normalized spacial score (nSPS) is 21.8. The SMILES string of the molecule is CC(c1nc2ccccc2s1)N1CCCC1C(=O)O. The van der Waals surface area contributed by atoms with Crippen molar-refractivity contribution in [2.45, 2.75) is 31.8 Å². The van der Waals surface area contributed by atoms with Crippen molar-refractivity contribution in [3.63, 3.8) is 0 Å². The smallest absolute Gasteiger partial charge is 0.320 e. The Morgan fingerprint density at radius 2 is 2.32 bits per heavy atom. The number of carboxylic acids is 1. The predicted octanol–water partition coefficient (Wildman–Crippen LogP) is 2.91. The number of benzene rings is 1. The van der Waals surface area contributed by atoms with E-state index in [4.69, 9.17) is 0 Å². The lowest BCUT2D eigenvalue weighted by molar-refractivity contribution is -0.142. The Morgan fingerprint density at radius 3 is 3.05 bits per heavy atom. The highest BCUT2D eigenvalue weighted by molar-refractivity contribution is 7.18. The van der Waals surface area contributed by atoms with Gasteiger partial charge in [-0.3, -0.25) is 9.69 Å². The largest absolute Gasteiger partial charge is 0.480 e. The molecule has 1 aromatic heterocycles. The van der Waals surface area contributed by atoms with Crippen LogP contribution < -0.4 is 0 Å². The van der Waals surface area contributed by atoms with Gasteiger partial charge < -0.3 is 5.11 Å². The van der Waals surface area contributed by atoms with Crippen LogP contribution in [0.5, 0.6) is 0 Å². The minimum absolute atomic E-state index is 0.0704. The predicted molar refractivity (Wildman–Crippen MR) is 75.4 cm³/mol. The van der Waals surface area contributed by atoms with E-state index in [0.717, 1.165) is 34.6 Å². The molecule has 4 nitrogen and oxygen atoms in total. The van der Waals surface area contributed by atoms with E-state index in [2.05, 4.69) is 22.9 Å². The van der Waals surface area contributed by atoms with E-state index >= 15 is 0 Å². The van der Waals surface area contributed by atoms with E-state index in [9.17, 15) is 9.90 Å². The zero-order valence-electron chi connectivity index (χ0n) is 10.7. The number of hydrogen-bond donors (Lipinski definition) is 1. The molecular weight excluding hydrogens is 260 g/mol. The minimum atomic E-state index is -0.717. The van der Waals surface area contributed by atoms with Gasteiger partial charge in [0.25, 0.3) is 0 Å². The highest BCUT2D eigenvalue weighted by Crippen LogP contribution is 2.33. The Balaban J connectivity index is 1.90. The quantitative estimate of drug-likeness (QED) is 0.936. The Hall–Kier alpha value is -1.46. The monoisotopic (exact) mass is 276 g/mol. The molecule has 1 aliphatic heterocycles. The van der Waals surface area contributed by atoms with Gasteiger partial charge in [0.05, 0.1) is 16.3 Å². The first kappa shape index (κ1) is 12.6. The van der Waals surface area contributed by atoms with Crippen LogP contribution in [-0.4, -0.2) is 33.5 Å². The Labute approximate surface area is 115 Å². The maximum absolute atomic E-state index is 11.3. The maximum Gasteiger partial charge on any atom is 0.320 e. The van der Waals surface area contributed by atoms with Crippen molar-refractivity contribution in [1.82, 2.24) is 9.88 Å². The third kappa shape index (κ3) is 2.24. The number of carbonyl (C=O) groups is 1. The van der Waals surface area contributed by atoms with Crippen molar-refractivity contribution in [3.05, 3.63) is 29.3 Å². The zero-order chi connectivity index (χ0) is 13.4. The molecule has 2 aromatic rings. The minimum Gasteiger partial charge on any atom is -0.480 e. The topological polar surface area (TPSA) is 53.4 Å². The van der Waals surface area contributed by atoms with E-state index in [0.29, 0.717) is 0 Å². The molecule has 0 spiro atoms. The summed E-state index contributed by atoms with van der Waals surface area (Å²) >= 11 is 1.66. The third-order valence-electron chi connectivity index (χ3n) is 3.74. The number of nitrogens with zero attached hydrogens (tertiary/aromatic N) is 2. The van der Waals surface area contributed by atoms with Crippen LogP contribution in [0.4, 0.5) is 0 Å². The van der Waals surface area contributed by atoms with Crippen molar-refractivity contribution in [2.75, 3.05) is 6.54 Å². The van der Waals surface area contributed by atoms with Crippen LogP contribution in [0.15, 0.2) is 24.3 Å². The van der Waals surface area contributed by atoms with Gasteiger partial charge in [-0.2, -0.15) is 0 Å². The molecule has 2 atom stereocenters. The number of aliphatic carboxylic acids is 1. The van der Waals surface area contributed by atoms with Crippen molar-refractivity contribution in [1.29, 1.82) is 0 Å². The molecular formula is C14H16N2O2S. The number of thiazole rings is 1. The average molecular weight is 276 g/mol. The van der Waals surface area contributed by atoms with E-state index < -0.39 is 5.97 Å². The van der Waals surface area contributed by atoms with Gasteiger partial charge in [-0.25, -0.2) is 4.98 Å². The fourth-order valence-corrected chi connectivity index (χ4v) is 3.77. The zero-order valence-corrected chi connectivity index (χ0v) is 11.6. The van der Waals surface area contributed by atoms with E-state index in [-0.39, 0.29) is 12.1 Å². The van der Waals surface area contributed by atoms with Gasteiger partial charge in [0.2, 0.25) is 0 Å². The highest BCUT2D eigenvalue weighted by Gasteiger charge is 2.35. The molecule has 0 radical (unpaired) electrons. The first-order chi connectivity index (χ1) is 9.16. The van der Waals surface area contributed by atoms with Gasteiger partial charge >= 0.3 is 5.97 Å². The van der Waals surface area contributed by atoms with Crippen molar-refractivity contribution >= 4 is 27.5 Å². The number of hydrogen-bond acceptors (Lipinski definition) is 4. The summed E-state index contributed by atoms with van der Waals surface area (Å²) in [6.07, 6.45) is 1.69. The van der Waals surface area contributed by atoms with Crippen molar-refractivity contribution in [3.8, 4) is 0 Å². The lowest BCUT2D eigenvalue weighted by atomic mass is 10.2. The Morgan fingerprint density at radius 1 is 1.53 bits per heavy atom. The fourth-order valence-electron chi connectivity index (χ4n) is 2.73. The van der Waals surface area contributed by atoms with Gasteiger partial charge in [0, 0.05) is 0 Å². The molecule has 19 heavy (non-hydrogen) atoms. The molecule has 100 valence electrons. The summed E-state index contributed by atoms with van der Waals surface area (Å²) in [5.41, 5.74) is 1.00. The van der Waals surface area contributed by atoms with Gasteiger partial charge in [-0.15, -0.1) is 11.3 Å². The van der Waals surface area contributed by atoms with E-state index in [1.54, 1.807) is 11.3 Å². The molecule has 0 aliphatic carbocycles. The molecule has 1 aliphatic rings. The summed E-state index contributed by atoms with van der Waals surface area (Å²) in [5.74, 6) is -0.717. The van der Waals surface area contributed by atoms with Crippen molar-refractivity contribution < 1.29 is 9.90 Å². The van der Waals surface area contributed by atoms with Crippen LogP contribution in [0.3, 0.4) is 0 Å². The van der Waals surface area contributed by atoms with Crippen LogP contribution in [0.1, 0.15) is 30.8 Å². The molecule has 0 bridgehead atoms. The fraction of sp³-hybridized carbons (Fsp3) is 0.429. The molecule has 1 fully saturated rings. The Kier molecular flexibility index (Phi) is 3.24. The summed E-state index contributed by atoms with van der Waals surface area (Å²) in [6, 6.07) is 7.75. The average Bonchev–Trinajstić information content (AvgIpc) is 3.04. The summed E-state index contributed by atoms with van der Waals surface area (Å²) in [6.45, 7) is 2.90. The second-order valence-electron chi connectivity index (χ2n) is 4.93. The van der Waals surface area contributed by atoms with Gasteiger partial charge in [0.15, 0.2) is 0 Å². The summed E-state index contributed by atoms with van der Waals surface area (Å²) in [7, 11) is 0.